The van der Waals surface area contributed by atoms with E-state index in [2.05, 4.69) is 10.2 Å². The highest BCUT2D eigenvalue weighted by molar-refractivity contribution is 6.06. The van der Waals surface area contributed by atoms with Crippen molar-refractivity contribution in [2.45, 2.75) is 38.3 Å². The predicted molar refractivity (Wildman–Crippen MR) is 66.0 cm³/mol. The summed E-state index contributed by atoms with van der Waals surface area (Å²) in [6, 6.07) is -0.412. The van der Waals surface area contributed by atoms with Crippen LogP contribution in [0.1, 0.15) is 26.7 Å². The van der Waals surface area contributed by atoms with Gasteiger partial charge in [0, 0.05) is 6.54 Å². The van der Waals surface area contributed by atoms with Crippen LogP contribution >= 0.6 is 0 Å². The molecule has 0 aromatic heterocycles. The van der Waals surface area contributed by atoms with Crippen molar-refractivity contribution in [1.29, 1.82) is 0 Å². The van der Waals surface area contributed by atoms with Gasteiger partial charge in [-0.05, 0) is 39.8 Å². The summed E-state index contributed by atoms with van der Waals surface area (Å²) < 4.78 is 0. The van der Waals surface area contributed by atoms with E-state index in [1.807, 2.05) is 0 Å². The number of imide groups is 1. The quantitative estimate of drug-likeness (QED) is 0.681. The SMILES string of the molecule is CC1(C)NC(=O)N(C[C@@H](O)CN2CCCC2)C1=O. The highest BCUT2D eigenvalue weighted by Crippen LogP contribution is 2.17. The monoisotopic (exact) mass is 255 g/mol. The number of nitrogens with one attached hydrogen (secondary N) is 1. The van der Waals surface area contributed by atoms with E-state index in [-0.39, 0.29) is 12.5 Å². The number of nitrogens with zero attached hydrogens (tertiary/aromatic N) is 2. The van der Waals surface area contributed by atoms with Crippen LogP contribution in [0.15, 0.2) is 0 Å². The molecular weight excluding hydrogens is 234 g/mol. The molecule has 6 heteroatoms. The average molecular weight is 255 g/mol. The Bertz CT molecular complexity index is 350. The van der Waals surface area contributed by atoms with Crippen LogP contribution in [0.5, 0.6) is 0 Å². The van der Waals surface area contributed by atoms with Gasteiger partial charge in [-0.25, -0.2) is 4.79 Å². The van der Waals surface area contributed by atoms with Crippen molar-refractivity contribution in [2.24, 2.45) is 0 Å². The normalized spacial score (nSPS) is 25.6. The topological polar surface area (TPSA) is 72.9 Å². The number of aliphatic hydroxyl groups excluding tert-OH is 1. The van der Waals surface area contributed by atoms with E-state index in [9.17, 15) is 14.7 Å². The molecule has 3 amide bonds. The van der Waals surface area contributed by atoms with Crippen molar-refractivity contribution in [3.8, 4) is 0 Å². The number of rotatable bonds is 4. The van der Waals surface area contributed by atoms with Gasteiger partial charge in [0.2, 0.25) is 0 Å². The van der Waals surface area contributed by atoms with Gasteiger partial charge in [-0.1, -0.05) is 0 Å². The molecule has 0 aliphatic carbocycles. The fraction of sp³-hybridized carbons (Fsp3) is 0.833. The number of amides is 3. The van der Waals surface area contributed by atoms with Gasteiger partial charge in [0.05, 0.1) is 12.6 Å². The van der Waals surface area contributed by atoms with Gasteiger partial charge in [0.1, 0.15) is 5.54 Å². The first-order chi connectivity index (χ1) is 8.40. The van der Waals surface area contributed by atoms with Crippen molar-refractivity contribution in [3.63, 3.8) is 0 Å². The van der Waals surface area contributed by atoms with E-state index in [1.165, 1.54) is 0 Å². The zero-order chi connectivity index (χ0) is 13.3. The summed E-state index contributed by atoms with van der Waals surface area (Å²) in [5.41, 5.74) is -0.857. The summed E-state index contributed by atoms with van der Waals surface area (Å²) in [6.45, 7) is 5.91. The van der Waals surface area contributed by atoms with Crippen molar-refractivity contribution in [2.75, 3.05) is 26.2 Å². The van der Waals surface area contributed by atoms with Gasteiger partial charge in [-0.3, -0.25) is 9.69 Å². The van der Waals surface area contributed by atoms with Gasteiger partial charge in [0.25, 0.3) is 5.91 Å². The second-order valence-electron chi connectivity index (χ2n) is 5.63. The molecule has 0 unspecified atom stereocenters. The van der Waals surface area contributed by atoms with Crippen molar-refractivity contribution < 1.29 is 14.7 Å². The Morgan fingerprint density at radius 1 is 1.28 bits per heavy atom. The summed E-state index contributed by atoms with van der Waals surface area (Å²) in [5, 5.41) is 12.6. The summed E-state index contributed by atoms with van der Waals surface area (Å²) in [4.78, 5) is 26.8. The van der Waals surface area contributed by atoms with Gasteiger partial charge in [-0.2, -0.15) is 0 Å². The Morgan fingerprint density at radius 2 is 1.89 bits per heavy atom. The van der Waals surface area contributed by atoms with Gasteiger partial charge < -0.3 is 15.3 Å². The van der Waals surface area contributed by atoms with Crippen LogP contribution in [0.25, 0.3) is 0 Å². The highest BCUT2D eigenvalue weighted by atomic mass is 16.3. The molecule has 2 heterocycles. The maximum Gasteiger partial charge on any atom is 0.325 e. The first-order valence-electron chi connectivity index (χ1n) is 6.45. The van der Waals surface area contributed by atoms with Crippen LogP contribution in [0, 0.1) is 0 Å². The van der Waals surface area contributed by atoms with Crippen molar-refractivity contribution >= 4 is 11.9 Å². The fourth-order valence-electron chi connectivity index (χ4n) is 2.52. The highest BCUT2D eigenvalue weighted by Gasteiger charge is 2.44. The minimum Gasteiger partial charge on any atom is -0.390 e. The molecule has 1 atom stereocenters. The van der Waals surface area contributed by atoms with E-state index in [0.717, 1.165) is 30.8 Å². The lowest BCUT2D eigenvalue weighted by Gasteiger charge is -2.23. The number of hydrogen-bond donors (Lipinski definition) is 2. The Balaban J connectivity index is 1.88. The van der Waals surface area contributed by atoms with E-state index < -0.39 is 17.7 Å². The lowest BCUT2D eigenvalue weighted by atomic mass is 10.1. The molecule has 2 aliphatic rings. The molecule has 102 valence electrons. The molecule has 2 N–H and O–H groups in total. The van der Waals surface area contributed by atoms with Crippen LogP contribution in [0.3, 0.4) is 0 Å². The number of aliphatic hydroxyl groups is 1. The molecule has 0 aromatic rings. The Morgan fingerprint density at radius 3 is 2.39 bits per heavy atom. The smallest absolute Gasteiger partial charge is 0.325 e. The third kappa shape index (κ3) is 2.64. The first-order valence-corrected chi connectivity index (χ1v) is 6.45. The maximum absolute atomic E-state index is 11.9. The molecule has 0 spiro atoms. The van der Waals surface area contributed by atoms with Crippen LogP contribution in [-0.4, -0.2) is 64.7 Å². The minimum atomic E-state index is -0.857. The zero-order valence-electron chi connectivity index (χ0n) is 11.0. The van der Waals surface area contributed by atoms with E-state index in [0.29, 0.717) is 6.54 Å². The number of likely N-dealkylation sites (tertiary alicyclic amines) is 1. The second-order valence-corrected chi connectivity index (χ2v) is 5.63. The van der Waals surface area contributed by atoms with Gasteiger partial charge in [-0.15, -0.1) is 0 Å². The van der Waals surface area contributed by atoms with Crippen LogP contribution in [0.4, 0.5) is 4.79 Å². The predicted octanol–water partition coefficient (Wildman–Crippen LogP) is -0.226. The summed E-state index contributed by atoms with van der Waals surface area (Å²) >= 11 is 0. The first kappa shape index (κ1) is 13.3. The lowest BCUT2D eigenvalue weighted by molar-refractivity contribution is -0.131. The molecule has 0 bridgehead atoms. The van der Waals surface area contributed by atoms with E-state index in [4.69, 9.17) is 0 Å². The second kappa shape index (κ2) is 4.85. The Hall–Kier alpha value is -1.14. The van der Waals surface area contributed by atoms with Crippen LogP contribution < -0.4 is 5.32 Å². The molecule has 6 nitrogen and oxygen atoms in total. The number of urea groups is 1. The molecule has 2 rings (SSSR count). The van der Waals surface area contributed by atoms with E-state index in [1.54, 1.807) is 13.8 Å². The molecule has 18 heavy (non-hydrogen) atoms. The lowest BCUT2D eigenvalue weighted by Crippen LogP contribution is -2.44. The van der Waals surface area contributed by atoms with Crippen molar-refractivity contribution in [3.05, 3.63) is 0 Å². The Kier molecular flexibility index (Phi) is 3.59. The molecule has 2 aliphatic heterocycles. The average Bonchev–Trinajstić information content (AvgIpc) is 2.82. The zero-order valence-corrected chi connectivity index (χ0v) is 11.0. The molecule has 0 saturated carbocycles. The third-order valence-corrected chi connectivity index (χ3v) is 3.51. The summed E-state index contributed by atoms with van der Waals surface area (Å²) in [7, 11) is 0. The van der Waals surface area contributed by atoms with Gasteiger partial charge >= 0.3 is 6.03 Å². The molecule has 2 saturated heterocycles. The number of β-amino-alcohol motifs (C(OH)–C–C–N with tert-alkyl or cyclic N) is 1. The van der Waals surface area contributed by atoms with Crippen LogP contribution in [-0.2, 0) is 4.79 Å². The molecule has 2 fully saturated rings. The van der Waals surface area contributed by atoms with Crippen LogP contribution in [0.2, 0.25) is 0 Å². The molecule has 0 radical (unpaired) electrons. The standard InChI is InChI=1S/C12H21N3O3/c1-12(2)10(17)15(11(18)13-12)8-9(16)7-14-5-3-4-6-14/h9,16H,3-8H2,1-2H3,(H,13,18)/t9-/m0/s1. The number of carbonyl (C=O) groups is 2. The Labute approximate surface area is 107 Å². The number of carbonyl (C=O) groups excluding carboxylic acids is 2. The number of hydrogen-bond acceptors (Lipinski definition) is 4. The van der Waals surface area contributed by atoms with E-state index >= 15 is 0 Å². The third-order valence-electron chi connectivity index (χ3n) is 3.51. The summed E-state index contributed by atoms with van der Waals surface area (Å²) in [5.74, 6) is -0.270. The molecular formula is C12H21N3O3. The minimum absolute atomic E-state index is 0.0740. The largest absolute Gasteiger partial charge is 0.390 e. The van der Waals surface area contributed by atoms with Gasteiger partial charge in [0.15, 0.2) is 0 Å². The fourth-order valence-corrected chi connectivity index (χ4v) is 2.52. The molecule has 0 aromatic carbocycles. The van der Waals surface area contributed by atoms with Crippen molar-refractivity contribution in [1.82, 2.24) is 15.1 Å². The maximum atomic E-state index is 11.9. The summed E-state index contributed by atoms with van der Waals surface area (Å²) in [6.07, 6.45) is 1.64.